The lowest BCUT2D eigenvalue weighted by Crippen LogP contribution is -2.40. The quantitative estimate of drug-likeness (QED) is 0.274. The molecule has 0 rings (SSSR count). The molecule has 9 nitrogen and oxygen atoms in total. The van der Waals surface area contributed by atoms with Crippen LogP contribution in [0.15, 0.2) is 0 Å². The summed E-state index contributed by atoms with van der Waals surface area (Å²) >= 11 is 0. The van der Waals surface area contributed by atoms with E-state index in [0.29, 0.717) is 0 Å². The number of carboxylic acid groups (broad SMARTS) is 1. The summed E-state index contributed by atoms with van der Waals surface area (Å²) in [5.74, 6) is -2.46. The number of carbonyl (C=O) groups excluding carboxylic acids is 2. The van der Waals surface area contributed by atoms with Crippen molar-refractivity contribution in [1.82, 2.24) is 10.6 Å². The lowest BCUT2D eigenvalue weighted by atomic mass is 10.1. The first-order valence-electron chi connectivity index (χ1n) is 5.43. The van der Waals surface area contributed by atoms with Gasteiger partial charge in [-0.3, -0.25) is 14.2 Å². The van der Waals surface area contributed by atoms with E-state index in [-0.39, 0.29) is 19.4 Å². The zero-order valence-corrected chi connectivity index (χ0v) is 11.2. The summed E-state index contributed by atoms with van der Waals surface area (Å²) in [6, 6.07) is -1.05. The van der Waals surface area contributed by atoms with Crippen molar-refractivity contribution in [3.8, 4) is 0 Å². The fourth-order valence-corrected chi connectivity index (χ4v) is 1.77. The molecule has 0 aromatic heterocycles. The zero-order chi connectivity index (χ0) is 15.1. The van der Waals surface area contributed by atoms with E-state index in [1.54, 1.807) is 0 Å². The van der Waals surface area contributed by atoms with Crippen LogP contribution < -0.4 is 10.6 Å². The third kappa shape index (κ3) is 10.2. The molecule has 0 aliphatic carbocycles. The molecule has 0 heterocycles. The fraction of sp³-hybridized carbons (Fsp3) is 0.667. The predicted molar refractivity (Wildman–Crippen MR) is 64.4 cm³/mol. The summed E-state index contributed by atoms with van der Waals surface area (Å²) in [7, 11) is -4.39. The highest BCUT2D eigenvalue weighted by Gasteiger charge is 2.20. The van der Waals surface area contributed by atoms with Crippen molar-refractivity contribution in [3.63, 3.8) is 0 Å². The van der Waals surface area contributed by atoms with Gasteiger partial charge in [0.05, 0.1) is 0 Å². The Bertz CT molecular complexity index is 392. The lowest BCUT2D eigenvalue weighted by Gasteiger charge is -2.13. The first-order valence-corrected chi connectivity index (χ1v) is 7.23. The maximum Gasteiger partial charge on any atom is 0.334 e. The van der Waals surface area contributed by atoms with E-state index in [4.69, 9.17) is 14.9 Å². The minimum atomic E-state index is -4.39. The number of nitrogens with one attached hydrogen (secondary N) is 2. The van der Waals surface area contributed by atoms with Gasteiger partial charge in [-0.25, -0.2) is 4.79 Å². The van der Waals surface area contributed by atoms with Gasteiger partial charge >= 0.3 is 13.6 Å². The van der Waals surface area contributed by atoms with Gasteiger partial charge < -0.3 is 25.5 Å². The molecule has 5 N–H and O–H groups in total. The van der Waals surface area contributed by atoms with Gasteiger partial charge in [0.25, 0.3) is 0 Å². The van der Waals surface area contributed by atoms with Crippen molar-refractivity contribution < 1.29 is 33.8 Å². The number of amides is 2. The van der Waals surface area contributed by atoms with Gasteiger partial charge in [-0.2, -0.15) is 0 Å². The van der Waals surface area contributed by atoms with E-state index in [0.717, 1.165) is 0 Å². The Morgan fingerprint density at radius 3 is 2.26 bits per heavy atom. The Kier molecular flexibility index (Phi) is 7.28. The van der Waals surface area contributed by atoms with E-state index in [9.17, 15) is 18.9 Å². The number of aliphatic carboxylic acids is 1. The van der Waals surface area contributed by atoms with Crippen LogP contribution in [0.4, 0.5) is 0 Å². The van der Waals surface area contributed by atoms with Crippen LogP contribution in [0.2, 0.25) is 0 Å². The summed E-state index contributed by atoms with van der Waals surface area (Å²) < 4.78 is 10.5. The third-order valence-corrected chi connectivity index (χ3v) is 2.72. The van der Waals surface area contributed by atoms with E-state index < -0.39 is 37.6 Å². The van der Waals surface area contributed by atoms with Crippen molar-refractivity contribution in [3.05, 3.63) is 0 Å². The molecule has 2 amide bonds. The predicted octanol–water partition coefficient (Wildman–Crippen LogP) is -1.35. The number of hydrogen-bond acceptors (Lipinski definition) is 4. The number of carboxylic acids is 1. The molecule has 0 unspecified atom stereocenters. The van der Waals surface area contributed by atoms with Gasteiger partial charge in [0.2, 0.25) is 11.8 Å². The van der Waals surface area contributed by atoms with Gasteiger partial charge in [-0.05, 0) is 12.8 Å². The van der Waals surface area contributed by atoms with Crippen molar-refractivity contribution >= 4 is 25.4 Å². The van der Waals surface area contributed by atoms with Crippen molar-refractivity contribution in [2.75, 3.05) is 12.7 Å². The number of rotatable bonds is 8. The Balaban J connectivity index is 3.95. The van der Waals surface area contributed by atoms with Gasteiger partial charge in [-0.1, -0.05) is 0 Å². The van der Waals surface area contributed by atoms with Gasteiger partial charge in [-0.15, -0.1) is 0 Å². The van der Waals surface area contributed by atoms with Crippen LogP contribution in [0, 0.1) is 0 Å². The first-order chi connectivity index (χ1) is 8.61. The smallest absolute Gasteiger partial charge is 0.334 e. The SMILES string of the molecule is CC(=O)N[C@@H](CCCNC(=O)CP(=O)(O)O)C(=O)O. The average Bonchev–Trinajstić information content (AvgIpc) is 2.19. The highest BCUT2D eigenvalue weighted by atomic mass is 31.2. The lowest BCUT2D eigenvalue weighted by molar-refractivity contribution is -0.141. The van der Waals surface area contributed by atoms with Crippen LogP contribution >= 0.6 is 7.60 Å². The van der Waals surface area contributed by atoms with Crippen LogP contribution in [-0.4, -0.2) is 51.4 Å². The monoisotopic (exact) mass is 296 g/mol. The van der Waals surface area contributed by atoms with E-state index >= 15 is 0 Å². The zero-order valence-electron chi connectivity index (χ0n) is 10.3. The summed E-state index contributed by atoms with van der Waals surface area (Å²) in [5.41, 5.74) is 0. The summed E-state index contributed by atoms with van der Waals surface area (Å²) in [4.78, 5) is 49.6. The highest BCUT2D eigenvalue weighted by molar-refractivity contribution is 7.52. The maximum atomic E-state index is 11.0. The van der Waals surface area contributed by atoms with E-state index in [2.05, 4.69) is 10.6 Å². The molecule has 19 heavy (non-hydrogen) atoms. The largest absolute Gasteiger partial charge is 0.480 e. The standard InChI is InChI=1S/C9H17N2O7P/c1-6(12)11-7(9(14)15)3-2-4-10-8(13)5-19(16,17)18/h7H,2-5H2,1H3,(H,10,13)(H,11,12)(H,14,15)(H2,16,17,18)/t7-/m0/s1. The average molecular weight is 296 g/mol. The molecule has 0 aromatic carbocycles. The third-order valence-electron chi connectivity index (χ3n) is 2.02. The molecular formula is C9H17N2O7P. The molecule has 0 spiro atoms. The maximum absolute atomic E-state index is 11.0. The molecule has 0 radical (unpaired) electrons. The van der Waals surface area contributed by atoms with Gasteiger partial charge in [0.1, 0.15) is 12.2 Å². The normalized spacial score (nSPS) is 12.6. The second-order valence-corrected chi connectivity index (χ2v) is 5.55. The van der Waals surface area contributed by atoms with Gasteiger partial charge in [0.15, 0.2) is 0 Å². The molecule has 1 atom stereocenters. The van der Waals surface area contributed by atoms with Crippen LogP contribution in [-0.2, 0) is 18.9 Å². The van der Waals surface area contributed by atoms with Crippen LogP contribution in [0.25, 0.3) is 0 Å². The van der Waals surface area contributed by atoms with Crippen LogP contribution in [0.1, 0.15) is 19.8 Å². The minimum Gasteiger partial charge on any atom is -0.480 e. The Morgan fingerprint density at radius 2 is 1.84 bits per heavy atom. The van der Waals surface area contributed by atoms with E-state index in [1.165, 1.54) is 6.92 Å². The second kappa shape index (κ2) is 7.88. The molecule has 0 aromatic rings. The fourth-order valence-electron chi connectivity index (χ4n) is 1.28. The summed E-state index contributed by atoms with van der Waals surface area (Å²) in [5, 5.41) is 13.3. The molecule has 0 saturated heterocycles. The molecule has 10 heteroatoms. The van der Waals surface area contributed by atoms with Crippen molar-refractivity contribution in [1.29, 1.82) is 0 Å². The van der Waals surface area contributed by atoms with Crippen molar-refractivity contribution in [2.45, 2.75) is 25.8 Å². The molecular weight excluding hydrogens is 279 g/mol. The van der Waals surface area contributed by atoms with Crippen molar-refractivity contribution in [2.24, 2.45) is 0 Å². The van der Waals surface area contributed by atoms with Gasteiger partial charge in [0, 0.05) is 13.5 Å². The summed E-state index contributed by atoms with van der Waals surface area (Å²) in [6.45, 7) is 1.26. The molecule has 0 aliphatic rings. The Hall–Kier alpha value is -1.44. The Morgan fingerprint density at radius 1 is 1.26 bits per heavy atom. The van der Waals surface area contributed by atoms with Crippen LogP contribution in [0.5, 0.6) is 0 Å². The number of carbonyl (C=O) groups is 3. The summed E-state index contributed by atoms with van der Waals surface area (Å²) in [6.07, 6.45) is -0.545. The number of hydrogen-bond donors (Lipinski definition) is 5. The first kappa shape index (κ1) is 17.6. The molecule has 0 aliphatic heterocycles. The molecule has 110 valence electrons. The minimum absolute atomic E-state index is 0.0716. The molecule has 0 saturated carbocycles. The molecule has 0 fully saturated rings. The van der Waals surface area contributed by atoms with E-state index in [1.807, 2.05) is 0 Å². The Labute approximate surface area is 109 Å². The second-order valence-electron chi connectivity index (χ2n) is 3.91. The van der Waals surface area contributed by atoms with Crippen LogP contribution in [0.3, 0.4) is 0 Å². The molecule has 0 bridgehead atoms. The highest BCUT2D eigenvalue weighted by Crippen LogP contribution is 2.33. The topological polar surface area (TPSA) is 153 Å².